The van der Waals surface area contributed by atoms with Crippen LogP contribution < -0.4 is 5.32 Å². The molecule has 1 heteroatoms. The molecule has 0 saturated carbocycles. The van der Waals surface area contributed by atoms with Gasteiger partial charge in [-0.05, 0) is 37.8 Å². The van der Waals surface area contributed by atoms with E-state index in [4.69, 9.17) is 0 Å². The summed E-state index contributed by atoms with van der Waals surface area (Å²) in [7, 11) is 0. The molecule has 1 N–H and O–H groups in total. The molecule has 1 aromatic carbocycles. The van der Waals surface area contributed by atoms with Gasteiger partial charge in [-0.2, -0.15) is 0 Å². The average molecular weight is 219 g/mol. The van der Waals surface area contributed by atoms with Crippen LogP contribution in [0.4, 0.5) is 0 Å². The first-order valence-electron chi connectivity index (χ1n) is 6.49. The third kappa shape index (κ3) is 5.32. The zero-order valence-electron chi connectivity index (χ0n) is 10.9. The van der Waals surface area contributed by atoms with Crippen molar-refractivity contribution in [3.05, 3.63) is 35.9 Å². The van der Waals surface area contributed by atoms with Gasteiger partial charge < -0.3 is 5.32 Å². The summed E-state index contributed by atoms with van der Waals surface area (Å²) in [5.41, 5.74) is 1.42. The van der Waals surface area contributed by atoms with Crippen molar-refractivity contribution in [3.63, 3.8) is 0 Å². The van der Waals surface area contributed by atoms with Gasteiger partial charge in [-0.15, -0.1) is 0 Å². The van der Waals surface area contributed by atoms with Crippen molar-refractivity contribution in [1.29, 1.82) is 0 Å². The van der Waals surface area contributed by atoms with Crippen LogP contribution in [0.2, 0.25) is 0 Å². The molecule has 0 radical (unpaired) electrons. The molecule has 16 heavy (non-hydrogen) atoms. The highest BCUT2D eigenvalue weighted by Crippen LogP contribution is 2.06. The van der Waals surface area contributed by atoms with Crippen molar-refractivity contribution in [1.82, 2.24) is 5.32 Å². The van der Waals surface area contributed by atoms with Gasteiger partial charge in [0.2, 0.25) is 0 Å². The summed E-state index contributed by atoms with van der Waals surface area (Å²) in [5, 5.41) is 3.62. The molecule has 0 saturated heterocycles. The number of hydrogen-bond donors (Lipinski definition) is 1. The second-order valence-electron chi connectivity index (χ2n) is 4.89. The van der Waals surface area contributed by atoms with Crippen LogP contribution in [-0.4, -0.2) is 12.6 Å². The fourth-order valence-electron chi connectivity index (χ4n) is 2.04. The summed E-state index contributed by atoms with van der Waals surface area (Å²) in [5.74, 6) is 0.795. The topological polar surface area (TPSA) is 12.0 Å². The number of hydrogen-bond acceptors (Lipinski definition) is 1. The summed E-state index contributed by atoms with van der Waals surface area (Å²) in [6.07, 6.45) is 3.74. The highest BCUT2D eigenvalue weighted by molar-refractivity contribution is 5.15. The maximum absolute atomic E-state index is 3.62. The van der Waals surface area contributed by atoms with E-state index < -0.39 is 0 Å². The SMILES string of the molecule is CCCC(C)CNC(C)Cc1ccccc1. The van der Waals surface area contributed by atoms with Crippen LogP contribution in [0, 0.1) is 5.92 Å². The number of benzene rings is 1. The molecule has 1 aromatic rings. The van der Waals surface area contributed by atoms with E-state index in [1.807, 2.05) is 0 Å². The third-order valence-electron chi connectivity index (χ3n) is 2.98. The Bertz CT molecular complexity index is 268. The van der Waals surface area contributed by atoms with E-state index in [0.29, 0.717) is 6.04 Å². The molecular formula is C15H25N. The second-order valence-corrected chi connectivity index (χ2v) is 4.89. The first kappa shape index (κ1) is 13.2. The van der Waals surface area contributed by atoms with Gasteiger partial charge in [0.05, 0.1) is 0 Å². The van der Waals surface area contributed by atoms with E-state index in [2.05, 4.69) is 56.4 Å². The van der Waals surface area contributed by atoms with E-state index >= 15 is 0 Å². The molecule has 2 unspecified atom stereocenters. The zero-order valence-corrected chi connectivity index (χ0v) is 10.9. The molecule has 1 nitrogen and oxygen atoms in total. The van der Waals surface area contributed by atoms with Crippen LogP contribution in [0.15, 0.2) is 30.3 Å². The number of rotatable bonds is 7. The van der Waals surface area contributed by atoms with Gasteiger partial charge >= 0.3 is 0 Å². The van der Waals surface area contributed by atoms with Gasteiger partial charge in [0.15, 0.2) is 0 Å². The van der Waals surface area contributed by atoms with Crippen molar-refractivity contribution in [2.75, 3.05) is 6.54 Å². The predicted octanol–water partition coefficient (Wildman–Crippen LogP) is 3.64. The fraction of sp³-hybridized carbons (Fsp3) is 0.600. The Hall–Kier alpha value is -0.820. The van der Waals surface area contributed by atoms with Gasteiger partial charge in [0.25, 0.3) is 0 Å². The molecular weight excluding hydrogens is 194 g/mol. The summed E-state index contributed by atoms with van der Waals surface area (Å²) in [6.45, 7) is 7.99. The molecule has 0 aliphatic heterocycles. The summed E-state index contributed by atoms with van der Waals surface area (Å²) in [6, 6.07) is 11.3. The summed E-state index contributed by atoms with van der Waals surface area (Å²) >= 11 is 0. The Kier molecular flexibility index (Phi) is 6.17. The lowest BCUT2D eigenvalue weighted by molar-refractivity contribution is 0.436. The van der Waals surface area contributed by atoms with E-state index in [1.165, 1.54) is 18.4 Å². The minimum absolute atomic E-state index is 0.571. The molecule has 0 aliphatic rings. The maximum Gasteiger partial charge on any atom is 0.00792 e. The van der Waals surface area contributed by atoms with Crippen LogP contribution >= 0.6 is 0 Å². The van der Waals surface area contributed by atoms with E-state index in [0.717, 1.165) is 18.9 Å². The average Bonchev–Trinajstić information content (AvgIpc) is 2.28. The molecule has 2 atom stereocenters. The Labute approximate surface area is 100 Å². The Morgan fingerprint density at radius 1 is 1.12 bits per heavy atom. The predicted molar refractivity (Wildman–Crippen MR) is 71.7 cm³/mol. The minimum atomic E-state index is 0.571. The van der Waals surface area contributed by atoms with Crippen LogP contribution in [0.3, 0.4) is 0 Å². The largest absolute Gasteiger partial charge is 0.314 e. The lowest BCUT2D eigenvalue weighted by Crippen LogP contribution is -2.31. The molecule has 0 bridgehead atoms. The first-order chi connectivity index (χ1) is 7.72. The van der Waals surface area contributed by atoms with Crippen molar-refractivity contribution in [2.24, 2.45) is 5.92 Å². The lowest BCUT2D eigenvalue weighted by Gasteiger charge is -2.17. The Morgan fingerprint density at radius 2 is 1.81 bits per heavy atom. The molecule has 0 heterocycles. The zero-order chi connectivity index (χ0) is 11.8. The van der Waals surface area contributed by atoms with Gasteiger partial charge in [0.1, 0.15) is 0 Å². The van der Waals surface area contributed by atoms with E-state index in [1.54, 1.807) is 0 Å². The summed E-state index contributed by atoms with van der Waals surface area (Å²) < 4.78 is 0. The van der Waals surface area contributed by atoms with Crippen LogP contribution in [0.25, 0.3) is 0 Å². The van der Waals surface area contributed by atoms with Crippen molar-refractivity contribution in [2.45, 2.75) is 46.1 Å². The fourth-order valence-corrected chi connectivity index (χ4v) is 2.04. The number of nitrogens with one attached hydrogen (secondary N) is 1. The quantitative estimate of drug-likeness (QED) is 0.738. The second kappa shape index (κ2) is 7.45. The first-order valence-corrected chi connectivity index (χ1v) is 6.49. The monoisotopic (exact) mass is 219 g/mol. The van der Waals surface area contributed by atoms with Gasteiger partial charge in [-0.25, -0.2) is 0 Å². The Morgan fingerprint density at radius 3 is 2.44 bits per heavy atom. The maximum atomic E-state index is 3.62. The standard InChI is InChI=1S/C15H25N/c1-4-8-13(2)12-16-14(3)11-15-9-6-5-7-10-15/h5-7,9-10,13-14,16H,4,8,11-12H2,1-3H3. The van der Waals surface area contributed by atoms with Gasteiger partial charge in [-0.1, -0.05) is 50.6 Å². The van der Waals surface area contributed by atoms with Crippen LogP contribution in [0.1, 0.15) is 39.2 Å². The van der Waals surface area contributed by atoms with Crippen LogP contribution in [-0.2, 0) is 6.42 Å². The van der Waals surface area contributed by atoms with Crippen molar-refractivity contribution in [3.8, 4) is 0 Å². The summed E-state index contributed by atoms with van der Waals surface area (Å²) in [4.78, 5) is 0. The van der Waals surface area contributed by atoms with Gasteiger partial charge in [-0.3, -0.25) is 0 Å². The molecule has 0 aliphatic carbocycles. The third-order valence-corrected chi connectivity index (χ3v) is 2.98. The van der Waals surface area contributed by atoms with E-state index in [9.17, 15) is 0 Å². The molecule has 0 amide bonds. The van der Waals surface area contributed by atoms with E-state index in [-0.39, 0.29) is 0 Å². The van der Waals surface area contributed by atoms with Crippen molar-refractivity contribution < 1.29 is 0 Å². The molecule has 90 valence electrons. The normalized spacial score (nSPS) is 14.7. The highest BCUT2D eigenvalue weighted by atomic mass is 14.9. The molecule has 1 rings (SSSR count). The molecule has 0 spiro atoms. The van der Waals surface area contributed by atoms with Crippen LogP contribution in [0.5, 0.6) is 0 Å². The molecule has 0 fully saturated rings. The smallest absolute Gasteiger partial charge is 0.00792 e. The highest BCUT2D eigenvalue weighted by Gasteiger charge is 2.05. The molecule has 0 aromatic heterocycles. The van der Waals surface area contributed by atoms with Crippen molar-refractivity contribution >= 4 is 0 Å². The lowest BCUT2D eigenvalue weighted by atomic mass is 10.0. The Balaban J connectivity index is 2.23. The minimum Gasteiger partial charge on any atom is -0.314 e. The van der Waals surface area contributed by atoms with Gasteiger partial charge in [0, 0.05) is 6.04 Å².